The maximum Gasteiger partial charge on any atom is 0.330 e. The van der Waals surface area contributed by atoms with E-state index in [-0.39, 0.29) is 5.97 Å². The standard InChI is InChI=1S/C20H38O2/c1-3-5-6-7-8-9-10-11-12-13-14-15-16-17-18-19-20(21)22-4-2/h18-19H,3-17H2,1-2H3. The molecule has 22 heavy (non-hydrogen) atoms. The van der Waals surface area contributed by atoms with Crippen molar-refractivity contribution in [2.24, 2.45) is 0 Å². The first kappa shape index (κ1) is 21.2. The van der Waals surface area contributed by atoms with Gasteiger partial charge < -0.3 is 4.74 Å². The largest absolute Gasteiger partial charge is 0.463 e. The minimum atomic E-state index is -0.211. The zero-order valence-electron chi connectivity index (χ0n) is 15.1. The maximum atomic E-state index is 11.1. The molecule has 0 aliphatic rings. The number of hydrogen-bond donors (Lipinski definition) is 0. The van der Waals surface area contributed by atoms with Gasteiger partial charge >= 0.3 is 5.97 Å². The van der Waals surface area contributed by atoms with Gasteiger partial charge in [-0.1, -0.05) is 90.0 Å². The molecular formula is C20H38O2. The Kier molecular flexibility index (Phi) is 17.6. The molecule has 0 aromatic heterocycles. The predicted molar refractivity (Wildman–Crippen MR) is 96.1 cm³/mol. The lowest BCUT2D eigenvalue weighted by atomic mass is 10.0. The molecule has 0 unspecified atom stereocenters. The summed E-state index contributed by atoms with van der Waals surface area (Å²) in [4.78, 5) is 11.1. The molecule has 0 heterocycles. The first-order chi connectivity index (χ1) is 10.8. The van der Waals surface area contributed by atoms with Crippen LogP contribution < -0.4 is 0 Å². The molecule has 0 saturated heterocycles. The molecule has 0 amide bonds. The smallest absolute Gasteiger partial charge is 0.330 e. The molecule has 0 fully saturated rings. The van der Waals surface area contributed by atoms with Crippen LogP contribution in [-0.2, 0) is 9.53 Å². The van der Waals surface area contributed by atoms with E-state index < -0.39 is 0 Å². The van der Waals surface area contributed by atoms with Gasteiger partial charge in [0, 0.05) is 6.08 Å². The van der Waals surface area contributed by atoms with Gasteiger partial charge in [-0.15, -0.1) is 0 Å². The molecule has 0 aliphatic heterocycles. The molecule has 2 heteroatoms. The summed E-state index contributed by atoms with van der Waals surface area (Å²) in [7, 11) is 0. The third-order valence-electron chi connectivity index (χ3n) is 4.01. The molecule has 0 atom stereocenters. The van der Waals surface area contributed by atoms with Crippen LogP contribution in [0.25, 0.3) is 0 Å². The van der Waals surface area contributed by atoms with Crippen molar-refractivity contribution >= 4 is 5.97 Å². The van der Waals surface area contributed by atoms with Crippen molar-refractivity contribution in [2.75, 3.05) is 6.61 Å². The number of ether oxygens (including phenoxy) is 1. The van der Waals surface area contributed by atoms with E-state index in [2.05, 4.69) is 6.92 Å². The van der Waals surface area contributed by atoms with Gasteiger partial charge in [0.05, 0.1) is 6.61 Å². The van der Waals surface area contributed by atoms with Gasteiger partial charge in [0.1, 0.15) is 0 Å². The van der Waals surface area contributed by atoms with E-state index in [0.717, 1.165) is 6.42 Å². The average molecular weight is 311 g/mol. The second-order valence-corrected chi connectivity index (χ2v) is 6.19. The fraction of sp³-hybridized carbons (Fsp3) is 0.850. The van der Waals surface area contributed by atoms with E-state index in [1.54, 1.807) is 6.08 Å². The van der Waals surface area contributed by atoms with Crippen molar-refractivity contribution in [3.8, 4) is 0 Å². The fourth-order valence-corrected chi connectivity index (χ4v) is 2.65. The lowest BCUT2D eigenvalue weighted by Crippen LogP contribution is -1.98. The molecule has 0 bridgehead atoms. The third-order valence-corrected chi connectivity index (χ3v) is 4.01. The van der Waals surface area contributed by atoms with Gasteiger partial charge in [0.15, 0.2) is 0 Å². The van der Waals surface area contributed by atoms with Gasteiger partial charge in [-0.05, 0) is 19.8 Å². The van der Waals surface area contributed by atoms with Crippen LogP contribution in [0.3, 0.4) is 0 Å². The molecule has 0 aromatic carbocycles. The number of rotatable bonds is 16. The molecule has 0 spiro atoms. The average Bonchev–Trinajstić information content (AvgIpc) is 2.51. The highest BCUT2D eigenvalue weighted by molar-refractivity contribution is 5.81. The molecule has 0 aromatic rings. The highest BCUT2D eigenvalue weighted by atomic mass is 16.5. The quantitative estimate of drug-likeness (QED) is 0.183. The van der Waals surface area contributed by atoms with Crippen LogP contribution in [0.4, 0.5) is 0 Å². The van der Waals surface area contributed by atoms with Gasteiger partial charge in [-0.25, -0.2) is 4.79 Å². The summed E-state index contributed by atoms with van der Waals surface area (Å²) in [5.74, 6) is -0.211. The zero-order chi connectivity index (χ0) is 16.3. The summed E-state index contributed by atoms with van der Waals surface area (Å²) >= 11 is 0. The van der Waals surface area contributed by atoms with E-state index in [1.807, 2.05) is 13.0 Å². The molecule has 0 saturated carbocycles. The van der Waals surface area contributed by atoms with Crippen molar-refractivity contribution in [3.63, 3.8) is 0 Å². The number of hydrogen-bond acceptors (Lipinski definition) is 2. The predicted octanol–water partition coefficient (Wildman–Crippen LogP) is 6.59. The van der Waals surface area contributed by atoms with Crippen molar-refractivity contribution in [2.45, 2.75) is 104 Å². The lowest BCUT2D eigenvalue weighted by Gasteiger charge is -2.02. The van der Waals surface area contributed by atoms with Crippen molar-refractivity contribution in [1.82, 2.24) is 0 Å². The number of carbonyl (C=O) groups excluding carboxylic acids is 1. The van der Waals surface area contributed by atoms with Crippen LogP contribution in [0.1, 0.15) is 104 Å². The number of unbranched alkanes of at least 4 members (excludes halogenated alkanes) is 13. The maximum absolute atomic E-state index is 11.1. The van der Waals surface area contributed by atoms with E-state index >= 15 is 0 Å². The molecular weight excluding hydrogens is 272 g/mol. The molecule has 0 N–H and O–H groups in total. The highest BCUT2D eigenvalue weighted by Crippen LogP contribution is 2.12. The second kappa shape index (κ2) is 18.3. The van der Waals surface area contributed by atoms with Crippen LogP contribution in [0.2, 0.25) is 0 Å². The van der Waals surface area contributed by atoms with Crippen molar-refractivity contribution in [3.05, 3.63) is 12.2 Å². The van der Waals surface area contributed by atoms with Gasteiger partial charge in [0.2, 0.25) is 0 Å². The summed E-state index contributed by atoms with van der Waals surface area (Å²) in [6.07, 6.45) is 22.4. The Morgan fingerprint density at radius 3 is 1.64 bits per heavy atom. The number of esters is 1. The molecule has 0 radical (unpaired) electrons. The molecule has 130 valence electrons. The van der Waals surface area contributed by atoms with Crippen LogP contribution in [0.5, 0.6) is 0 Å². The summed E-state index contributed by atoms with van der Waals surface area (Å²) in [5.41, 5.74) is 0. The van der Waals surface area contributed by atoms with Crippen LogP contribution in [0.15, 0.2) is 12.2 Å². The van der Waals surface area contributed by atoms with E-state index in [9.17, 15) is 4.79 Å². The van der Waals surface area contributed by atoms with E-state index in [0.29, 0.717) is 6.61 Å². The first-order valence-electron chi connectivity index (χ1n) is 9.64. The second-order valence-electron chi connectivity index (χ2n) is 6.19. The van der Waals surface area contributed by atoms with Crippen LogP contribution in [0, 0.1) is 0 Å². The Labute approximate surface area is 138 Å². The lowest BCUT2D eigenvalue weighted by molar-refractivity contribution is -0.137. The van der Waals surface area contributed by atoms with Crippen molar-refractivity contribution < 1.29 is 9.53 Å². The minimum absolute atomic E-state index is 0.211. The zero-order valence-corrected chi connectivity index (χ0v) is 15.1. The third kappa shape index (κ3) is 17.3. The number of allylic oxidation sites excluding steroid dienone is 1. The summed E-state index contributed by atoms with van der Waals surface area (Å²) in [5, 5.41) is 0. The SMILES string of the molecule is CCCCCCCCCCCCCCCC=CC(=O)OCC. The Balaban J connectivity index is 3.10. The van der Waals surface area contributed by atoms with Crippen molar-refractivity contribution in [1.29, 1.82) is 0 Å². The van der Waals surface area contributed by atoms with Crippen LogP contribution in [-0.4, -0.2) is 12.6 Å². The molecule has 2 nitrogen and oxygen atoms in total. The Morgan fingerprint density at radius 2 is 1.18 bits per heavy atom. The van der Waals surface area contributed by atoms with Gasteiger partial charge in [-0.2, -0.15) is 0 Å². The van der Waals surface area contributed by atoms with E-state index in [4.69, 9.17) is 4.74 Å². The topological polar surface area (TPSA) is 26.3 Å². The summed E-state index contributed by atoms with van der Waals surface area (Å²) in [6, 6.07) is 0. The normalized spacial score (nSPS) is 11.2. The van der Waals surface area contributed by atoms with Crippen LogP contribution >= 0.6 is 0 Å². The number of carbonyl (C=O) groups is 1. The summed E-state index contributed by atoms with van der Waals surface area (Å²) < 4.78 is 4.84. The molecule has 0 rings (SSSR count). The van der Waals surface area contributed by atoms with Gasteiger partial charge in [-0.3, -0.25) is 0 Å². The Bertz CT molecular complexity index is 258. The highest BCUT2D eigenvalue weighted by Gasteiger charge is 1.94. The summed E-state index contributed by atoms with van der Waals surface area (Å²) in [6.45, 7) is 4.57. The van der Waals surface area contributed by atoms with E-state index in [1.165, 1.54) is 83.5 Å². The fourth-order valence-electron chi connectivity index (χ4n) is 2.65. The first-order valence-corrected chi connectivity index (χ1v) is 9.64. The minimum Gasteiger partial charge on any atom is -0.463 e. The molecule has 0 aliphatic carbocycles. The Hall–Kier alpha value is -0.790. The Morgan fingerprint density at radius 1 is 0.727 bits per heavy atom. The van der Waals surface area contributed by atoms with Gasteiger partial charge in [0.25, 0.3) is 0 Å². The monoisotopic (exact) mass is 310 g/mol.